The van der Waals surface area contributed by atoms with Gasteiger partial charge in [-0.1, -0.05) is 84.0 Å². The largest absolute Gasteiger partial charge is 0.396 e. The highest BCUT2D eigenvalue weighted by atomic mass is 16.3. The Labute approximate surface area is 150 Å². The molecule has 4 heteroatoms. The van der Waals surface area contributed by atoms with Gasteiger partial charge in [-0.2, -0.15) is 0 Å². The molecule has 0 fully saturated rings. The Balaban J connectivity index is 0. The molecule has 1 atom stereocenters. The highest BCUT2D eigenvalue weighted by Gasteiger charge is 2.00. The monoisotopic (exact) mass is 348 g/mol. The minimum Gasteiger partial charge on any atom is -0.396 e. The molecule has 0 amide bonds. The summed E-state index contributed by atoms with van der Waals surface area (Å²) in [5.41, 5.74) is 0. The molecule has 0 spiro atoms. The molecule has 0 aliphatic heterocycles. The normalized spacial score (nSPS) is 11.9. The zero-order valence-electron chi connectivity index (χ0n) is 16.1. The lowest BCUT2D eigenvalue weighted by atomic mass is 10.1. The van der Waals surface area contributed by atoms with E-state index in [1.165, 1.54) is 57.8 Å². The van der Waals surface area contributed by atoms with Crippen LogP contribution in [-0.4, -0.2) is 46.4 Å². The second kappa shape index (κ2) is 25.1. The van der Waals surface area contributed by atoms with E-state index >= 15 is 0 Å². The van der Waals surface area contributed by atoms with Gasteiger partial charge in [0, 0.05) is 13.2 Å². The fourth-order valence-electron chi connectivity index (χ4n) is 2.54. The molecule has 0 saturated heterocycles. The van der Waals surface area contributed by atoms with Crippen molar-refractivity contribution < 1.29 is 20.4 Å². The summed E-state index contributed by atoms with van der Waals surface area (Å²) in [5.74, 6) is 0. The van der Waals surface area contributed by atoms with Gasteiger partial charge in [-0.05, 0) is 19.3 Å². The molecule has 0 aromatic carbocycles. The fraction of sp³-hybridized carbons (Fsp3) is 1.00. The summed E-state index contributed by atoms with van der Waals surface area (Å²) < 4.78 is 0. The second-order valence-corrected chi connectivity index (χ2v) is 6.67. The van der Waals surface area contributed by atoms with Crippen LogP contribution in [-0.2, 0) is 0 Å². The first-order valence-electron chi connectivity index (χ1n) is 10.2. The van der Waals surface area contributed by atoms with Gasteiger partial charge in [-0.3, -0.25) is 0 Å². The fourth-order valence-corrected chi connectivity index (χ4v) is 2.54. The van der Waals surface area contributed by atoms with Crippen molar-refractivity contribution in [3.63, 3.8) is 0 Å². The zero-order valence-corrected chi connectivity index (χ0v) is 16.1. The minimum atomic E-state index is -0.490. The lowest BCUT2D eigenvalue weighted by molar-refractivity contribution is 0.0860. The quantitative estimate of drug-likeness (QED) is 0.297. The van der Waals surface area contributed by atoms with Crippen molar-refractivity contribution in [3.05, 3.63) is 0 Å². The molecule has 0 radical (unpaired) electrons. The third kappa shape index (κ3) is 26.7. The van der Waals surface area contributed by atoms with Crippen LogP contribution in [0.3, 0.4) is 0 Å². The third-order valence-corrected chi connectivity index (χ3v) is 4.17. The van der Waals surface area contributed by atoms with Crippen LogP contribution in [0.1, 0.15) is 103 Å². The van der Waals surface area contributed by atoms with E-state index in [1.807, 2.05) is 0 Å². The molecule has 0 aromatic rings. The average Bonchev–Trinajstić information content (AvgIpc) is 2.60. The Kier molecular flexibility index (Phi) is 27.3. The van der Waals surface area contributed by atoms with Crippen LogP contribution >= 0.6 is 0 Å². The van der Waals surface area contributed by atoms with Crippen molar-refractivity contribution in [2.45, 2.75) is 109 Å². The molecular formula is C20H44O4. The molecular weight excluding hydrogens is 304 g/mol. The van der Waals surface area contributed by atoms with Gasteiger partial charge in [-0.15, -0.1) is 0 Å². The Morgan fingerprint density at radius 2 is 0.917 bits per heavy atom. The van der Waals surface area contributed by atoms with Gasteiger partial charge >= 0.3 is 0 Å². The van der Waals surface area contributed by atoms with Gasteiger partial charge in [-0.25, -0.2) is 0 Å². The summed E-state index contributed by atoms with van der Waals surface area (Å²) in [6, 6.07) is 0. The molecule has 0 aromatic heterocycles. The molecule has 4 N–H and O–H groups in total. The summed E-state index contributed by atoms with van der Waals surface area (Å²) in [6.07, 6.45) is 17.0. The van der Waals surface area contributed by atoms with Crippen LogP contribution < -0.4 is 0 Å². The SMILES string of the molecule is CCCCCCCCC(O)CO.OCCCCCCCCCCO. The Bertz CT molecular complexity index is 190. The van der Waals surface area contributed by atoms with Crippen molar-refractivity contribution in [1.29, 1.82) is 0 Å². The minimum absolute atomic E-state index is 0.0883. The number of rotatable bonds is 17. The summed E-state index contributed by atoms with van der Waals surface area (Å²) in [7, 11) is 0. The number of hydrogen-bond acceptors (Lipinski definition) is 4. The summed E-state index contributed by atoms with van der Waals surface area (Å²) >= 11 is 0. The molecule has 148 valence electrons. The number of hydrogen-bond donors (Lipinski definition) is 4. The highest BCUT2D eigenvalue weighted by Crippen LogP contribution is 2.08. The van der Waals surface area contributed by atoms with E-state index < -0.39 is 6.10 Å². The van der Waals surface area contributed by atoms with E-state index in [4.69, 9.17) is 20.4 Å². The lowest BCUT2D eigenvalue weighted by Gasteiger charge is -2.05. The number of aliphatic hydroxyl groups is 4. The van der Waals surface area contributed by atoms with Crippen molar-refractivity contribution in [2.24, 2.45) is 0 Å². The lowest BCUT2D eigenvalue weighted by Crippen LogP contribution is -2.10. The Hall–Kier alpha value is -0.160. The summed E-state index contributed by atoms with van der Waals surface area (Å²) in [4.78, 5) is 0. The summed E-state index contributed by atoms with van der Waals surface area (Å²) in [6.45, 7) is 2.79. The van der Waals surface area contributed by atoms with E-state index in [9.17, 15) is 0 Å². The van der Waals surface area contributed by atoms with Crippen LogP contribution in [0, 0.1) is 0 Å². The maximum Gasteiger partial charge on any atom is 0.0770 e. The number of aliphatic hydroxyl groups excluding tert-OH is 4. The molecule has 0 heterocycles. The van der Waals surface area contributed by atoms with Gasteiger partial charge in [0.15, 0.2) is 0 Å². The standard InChI is InChI=1S/2C10H22O2/c1-2-3-4-5-6-7-8-10(12)9-11;11-9-7-5-3-1-2-4-6-8-10-12/h10-12H,2-9H2,1H3;11-12H,1-10H2. The number of unbranched alkanes of at least 4 members (excludes halogenated alkanes) is 12. The molecule has 24 heavy (non-hydrogen) atoms. The van der Waals surface area contributed by atoms with E-state index in [1.54, 1.807) is 0 Å². The second-order valence-electron chi connectivity index (χ2n) is 6.67. The van der Waals surface area contributed by atoms with Crippen molar-refractivity contribution in [1.82, 2.24) is 0 Å². The third-order valence-electron chi connectivity index (χ3n) is 4.17. The van der Waals surface area contributed by atoms with E-state index in [0.717, 1.165) is 38.5 Å². The van der Waals surface area contributed by atoms with Crippen LogP contribution in [0.25, 0.3) is 0 Å². The zero-order chi connectivity index (χ0) is 18.3. The van der Waals surface area contributed by atoms with Crippen LogP contribution in [0.15, 0.2) is 0 Å². The molecule has 4 nitrogen and oxygen atoms in total. The van der Waals surface area contributed by atoms with Gasteiger partial charge in [0.25, 0.3) is 0 Å². The van der Waals surface area contributed by atoms with Gasteiger partial charge in [0.1, 0.15) is 0 Å². The predicted octanol–water partition coefficient (Wildman–Crippen LogP) is 4.18. The van der Waals surface area contributed by atoms with Gasteiger partial charge in [0.05, 0.1) is 12.7 Å². The predicted molar refractivity (Wildman–Crippen MR) is 102 cm³/mol. The van der Waals surface area contributed by atoms with E-state index in [2.05, 4.69) is 6.92 Å². The van der Waals surface area contributed by atoms with Gasteiger partial charge < -0.3 is 20.4 Å². The van der Waals surface area contributed by atoms with Crippen LogP contribution in [0.5, 0.6) is 0 Å². The maximum absolute atomic E-state index is 9.01. The molecule has 0 rings (SSSR count). The first kappa shape index (κ1) is 26.1. The van der Waals surface area contributed by atoms with Crippen LogP contribution in [0.4, 0.5) is 0 Å². The molecule has 0 saturated carbocycles. The molecule has 0 bridgehead atoms. The Morgan fingerprint density at radius 1 is 0.542 bits per heavy atom. The molecule has 0 aliphatic carbocycles. The first-order chi connectivity index (χ1) is 11.7. The average molecular weight is 349 g/mol. The van der Waals surface area contributed by atoms with Crippen LogP contribution in [0.2, 0.25) is 0 Å². The van der Waals surface area contributed by atoms with Crippen molar-refractivity contribution >= 4 is 0 Å². The first-order valence-corrected chi connectivity index (χ1v) is 10.2. The molecule has 0 aliphatic rings. The van der Waals surface area contributed by atoms with E-state index in [0.29, 0.717) is 13.2 Å². The highest BCUT2D eigenvalue weighted by molar-refractivity contribution is 4.53. The maximum atomic E-state index is 9.01. The van der Waals surface area contributed by atoms with Crippen molar-refractivity contribution in [3.8, 4) is 0 Å². The van der Waals surface area contributed by atoms with Crippen molar-refractivity contribution in [2.75, 3.05) is 19.8 Å². The topological polar surface area (TPSA) is 80.9 Å². The van der Waals surface area contributed by atoms with Gasteiger partial charge in [0.2, 0.25) is 0 Å². The molecule has 1 unspecified atom stereocenters. The van der Waals surface area contributed by atoms with E-state index in [-0.39, 0.29) is 6.61 Å². The Morgan fingerprint density at radius 3 is 1.29 bits per heavy atom. The smallest absolute Gasteiger partial charge is 0.0770 e. The summed E-state index contributed by atoms with van der Waals surface area (Å²) in [5, 5.41) is 34.6.